The van der Waals surface area contributed by atoms with Crippen molar-refractivity contribution < 1.29 is 18.9 Å². The molecule has 0 aromatic heterocycles. The predicted molar refractivity (Wildman–Crippen MR) is 126 cm³/mol. The van der Waals surface area contributed by atoms with Crippen molar-refractivity contribution >= 4 is 0 Å². The molecule has 0 spiro atoms. The van der Waals surface area contributed by atoms with Crippen molar-refractivity contribution in [2.75, 3.05) is 34.0 Å². The Balaban J connectivity index is 1.56. The van der Waals surface area contributed by atoms with Gasteiger partial charge in [0.1, 0.15) is 0 Å². The average Bonchev–Trinajstić information content (AvgIpc) is 2.84. The Kier molecular flexibility index (Phi) is 7.17. The summed E-state index contributed by atoms with van der Waals surface area (Å²) in [6.07, 6.45) is 1.80. The number of hydrogen-bond donors (Lipinski definition) is 1. The second-order valence-corrected chi connectivity index (χ2v) is 7.77. The number of nitrogens with one attached hydrogen (secondary N) is 1. The number of rotatable bonds is 9. The summed E-state index contributed by atoms with van der Waals surface area (Å²) in [5.41, 5.74) is 4.87. The highest BCUT2D eigenvalue weighted by molar-refractivity contribution is 5.53. The summed E-state index contributed by atoms with van der Waals surface area (Å²) in [6.45, 7) is 4.07. The summed E-state index contributed by atoms with van der Waals surface area (Å²) in [6, 6.07) is 20.8. The Morgan fingerprint density at radius 2 is 1.62 bits per heavy atom. The van der Waals surface area contributed by atoms with E-state index < -0.39 is 0 Å². The Labute approximate surface area is 190 Å². The average molecular weight is 434 g/mol. The standard InChI is InChI=1S/C27H31NO4/c1-4-31-26-18-22-20(16-25(26)30-3)12-14-28-27(22)21-10-11-23(24(17-21)29-2)32-15-13-19-8-6-5-7-9-19/h5-11,16-18,27-28H,4,12-15H2,1-3H3. The third kappa shape index (κ3) is 4.83. The third-order valence-electron chi connectivity index (χ3n) is 5.79. The van der Waals surface area contributed by atoms with Crippen LogP contribution in [0.25, 0.3) is 0 Å². The van der Waals surface area contributed by atoms with E-state index in [4.69, 9.17) is 18.9 Å². The molecule has 0 saturated heterocycles. The van der Waals surface area contributed by atoms with Gasteiger partial charge in [0, 0.05) is 13.0 Å². The van der Waals surface area contributed by atoms with E-state index >= 15 is 0 Å². The molecule has 1 N–H and O–H groups in total. The van der Waals surface area contributed by atoms with Crippen LogP contribution in [-0.4, -0.2) is 34.0 Å². The van der Waals surface area contributed by atoms with Gasteiger partial charge >= 0.3 is 0 Å². The SMILES string of the molecule is CCOc1cc2c(cc1OC)CCNC2c1ccc(OCCc2ccccc2)c(OC)c1. The molecular formula is C27H31NO4. The van der Waals surface area contributed by atoms with E-state index in [0.29, 0.717) is 13.2 Å². The Morgan fingerprint density at radius 3 is 2.38 bits per heavy atom. The fourth-order valence-electron chi connectivity index (χ4n) is 4.20. The predicted octanol–water partition coefficient (Wildman–Crippen LogP) is 4.96. The highest BCUT2D eigenvalue weighted by Crippen LogP contribution is 2.39. The lowest BCUT2D eigenvalue weighted by atomic mass is 9.89. The van der Waals surface area contributed by atoms with Crippen LogP contribution >= 0.6 is 0 Å². The maximum Gasteiger partial charge on any atom is 0.161 e. The lowest BCUT2D eigenvalue weighted by molar-refractivity contribution is 0.297. The smallest absolute Gasteiger partial charge is 0.161 e. The molecule has 0 radical (unpaired) electrons. The molecule has 1 atom stereocenters. The third-order valence-corrected chi connectivity index (χ3v) is 5.79. The topological polar surface area (TPSA) is 49.0 Å². The molecule has 0 amide bonds. The fraction of sp³-hybridized carbons (Fsp3) is 0.333. The zero-order valence-electron chi connectivity index (χ0n) is 19.0. The first kappa shape index (κ1) is 22.0. The van der Waals surface area contributed by atoms with Crippen LogP contribution in [0.3, 0.4) is 0 Å². The molecular weight excluding hydrogens is 402 g/mol. The molecule has 1 aliphatic heterocycles. The summed E-state index contributed by atoms with van der Waals surface area (Å²) < 4.78 is 23.1. The molecule has 1 heterocycles. The Hall–Kier alpha value is -3.18. The first-order valence-electron chi connectivity index (χ1n) is 11.1. The van der Waals surface area contributed by atoms with Gasteiger partial charge in [0.15, 0.2) is 23.0 Å². The lowest BCUT2D eigenvalue weighted by Gasteiger charge is -2.29. The van der Waals surface area contributed by atoms with Gasteiger partial charge in [-0.15, -0.1) is 0 Å². The van der Waals surface area contributed by atoms with Crippen LogP contribution in [0.1, 0.15) is 35.2 Å². The molecule has 32 heavy (non-hydrogen) atoms. The van der Waals surface area contributed by atoms with Crippen LogP contribution in [0.2, 0.25) is 0 Å². The quantitative estimate of drug-likeness (QED) is 0.517. The van der Waals surface area contributed by atoms with Crippen molar-refractivity contribution in [2.45, 2.75) is 25.8 Å². The van der Waals surface area contributed by atoms with Crippen molar-refractivity contribution in [2.24, 2.45) is 0 Å². The van der Waals surface area contributed by atoms with E-state index in [-0.39, 0.29) is 6.04 Å². The molecule has 168 valence electrons. The second-order valence-electron chi connectivity index (χ2n) is 7.77. The van der Waals surface area contributed by atoms with Crippen LogP contribution in [0.5, 0.6) is 23.0 Å². The summed E-state index contributed by atoms with van der Waals surface area (Å²) >= 11 is 0. The number of fused-ring (bicyclic) bond motifs is 1. The van der Waals surface area contributed by atoms with Crippen molar-refractivity contribution in [1.82, 2.24) is 5.32 Å². The largest absolute Gasteiger partial charge is 0.493 e. The molecule has 5 nitrogen and oxygen atoms in total. The summed E-state index contributed by atoms with van der Waals surface area (Å²) in [7, 11) is 3.37. The molecule has 5 heteroatoms. The highest BCUT2D eigenvalue weighted by Gasteiger charge is 2.25. The molecule has 3 aromatic rings. The van der Waals surface area contributed by atoms with Crippen LogP contribution in [-0.2, 0) is 12.8 Å². The van der Waals surface area contributed by atoms with Crippen LogP contribution in [0.4, 0.5) is 0 Å². The molecule has 4 rings (SSSR count). The molecule has 1 aliphatic rings. The van der Waals surface area contributed by atoms with Gasteiger partial charge in [0.2, 0.25) is 0 Å². The number of ether oxygens (including phenoxy) is 4. The van der Waals surface area contributed by atoms with E-state index in [1.165, 1.54) is 16.7 Å². The van der Waals surface area contributed by atoms with Crippen LogP contribution in [0, 0.1) is 0 Å². The number of hydrogen-bond acceptors (Lipinski definition) is 5. The van der Waals surface area contributed by atoms with Crippen molar-refractivity contribution in [3.63, 3.8) is 0 Å². The first-order valence-corrected chi connectivity index (χ1v) is 11.1. The van der Waals surface area contributed by atoms with Crippen molar-refractivity contribution in [3.05, 3.63) is 82.9 Å². The minimum atomic E-state index is 0.0520. The van der Waals surface area contributed by atoms with Gasteiger partial charge in [-0.1, -0.05) is 36.4 Å². The van der Waals surface area contributed by atoms with E-state index in [1.807, 2.05) is 31.2 Å². The summed E-state index contributed by atoms with van der Waals surface area (Å²) in [4.78, 5) is 0. The van der Waals surface area contributed by atoms with Crippen molar-refractivity contribution in [1.29, 1.82) is 0 Å². The molecule has 1 unspecified atom stereocenters. The van der Waals surface area contributed by atoms with E-state index in [2.05, 4.69) is 41.7 Å². The van der Waals surface area contributed by atoms with Gasteiger partial charge in [0.25, 0.3) is 0 Å². The first-order chi connectivity index (χ1) is 15.7. The number of benzene rings is 3. The minimum Gasteiger partial charge on any atom is -0.493 e. The van der Waals surface area contributed by atoms with E-state index in [0.717, 1.165) is 47.9 Å². The van der Waals surface area contributed by atoms with Crippen molar-refractivity contribution in [3.8, 4) is 23.0 Å². The molecule has 3 aromatic carbocycles. The zero-order valence-corrected chi connectivity index (χ0v) is 19.0. The molecule has 0 fully saturated rings. The van der Waals surface area contributed by atoms with E-state index in [1.54, 1.807) is 14.2 Å². The Morgan fingerprint density at radius 1 is 0.844 bits per heavy atom. The normalized spacial score (nSPS) is 15.0. The van der Waals surface area contributed by atoms with Gasteiger partial charge in [-0.3, -0.25) is 0 Å². The monoisotopic (exact) mass is 433 g/mol. The summed E-state index contributed by atoms with van der Waals surface area (Å²) in [5, 5.41) is 3.64. The van der Waals surface area contributed by atoms with Crippen LogP contribution < -0.4 is 24.3 Å². The molecule has 0 aliphatic carbocycles. The van der Waals surface area contributed by atoms with Gasteiger partial charge < -0.3 is 24.3 Å². The summed E-state index contributed by atoms with van der Waals surface area (Å²) in [5.74, 6) is 3.05. The Bertz CT molecular complexity index is 1040. The van der Waals surface area contributed by atoms with Crippen LogP contribution in [0.15, 0.2) is 60.7 Å². The maximum absolute atomic E-state index is 6.04. The molecule has 0 bridgehead atoms. The molecule has 0 saturated carbocycles. The van der Waals surface area contributed by atoms with Gasteiger partial charge in [0.05, 0.1) is 33.5 Å². The number of methoxy groups -OCH3 is 2. The lowest BCUT2D eigenvalue weighted by Crippen LogP contribution is -2.30. The maximum atomic E-state index is 6.04. The van der Waals surface area contributed by atoms with E-state index in [9.17, 15) is 0 Å². The zero-order chi connectivity index (χ0) is 22.3. The minimum absolute atomic E-state index is 0.0520. The second kappa shape index (κ2) is 10.4. The highest BCUT2D eigenvalue weighted by atomic mass is 16.5. The van der Waals surface area contributed by atoms with Gasteiger partial charge in [-0.2, -0.15) is 0 Å². The fourth-order valence-corrected chi connectivity index (χ4v) is 4.20. The van der Waals surface area contributed by atoms with Gasteiger partial charge in [-0.05, 0) is 59.9 Å². The van der Waals surface area contributed by atoms with Gasteiger partial charge in [-0.25, -0.2) is 0 Å².